The van der Waals surface area contributed by atoms with E-state index in [-0.39, 0.29) is 23.2 Å². The molecule has 0 saturated heterocycles. The lowest BCUT2D eigenvalue weighted by atomic mass is 10.0. The molecule has 0 aliphatic carbocycles. The van der Waals surface area contributed by atoms with E-state index in [1.807, 2.05) is 12.1 Å². The molecule has 0 heterocycles. The number of hydrogen-bond donors (Lipinski definition) is 1. The topological polar surface area (TPSA) is 29.5 Å². The van der Waals surface area contributed by atoms with Crippen LogP contribution in [0.2, 0.25) is 0 Å². The van der Waals surface area contributed by atoms with Gasteiger partial charge >= 0.3 is 0 Å². The average Bonchev–Trinajstić information content (AvgIpc) is 2.51. The van der Waals surface area contributed by atoms with E-state index in [0.29, 0.717) is 4.48 Å². The number of halogens is 1. The Kier molecular flexibility index (Phi) is 12.4. The van der Waals surface area contributed by atoms with Gasteiger partial charge in [-0.3, -0.25) is 4.48 Å². The summed E-state index contributed by atoms with van der Waals surface area (Å²) in [7, 11) is 6.16. The lowest BCUT2D eigenvalue weighted by Gasteiger charge is -2.35. The summed E-state index contributed by atoms with van der Waals surface area (Å²) >= 11 is 0. The number of aliphatic hydroxyl groups excluding tert-OH is 1. The molecule has 0 aromatic heterocycles. The van der Waals surface area contributed by atoms with Gasteiger partial charge in [-0.1, -0.05) is 63.6 Å². The van der Waals surface area contributed by atoms with Crippen molar-refractivity contribution in [1.29, 1.82) is 0 Å². The molecule has 0 aliphatic heterocycles. The highest BCUT2D eigenvalue weighted by molar-refractivity contribution is 5.33. The summed E-state index contributed by atoms with van der Waals surface area (Å²) in [6.45, 7) is 4.06. The molecule has 3 nitrogen and oxygen atoms in total. The van der Waals surface area contributed by atoms with E-state index in [0.717, 1.165) is 12.2 Å². The zero-order chi connectivity index (χ0) is 18.0. The first-order valence-corrected chi connectivity index (χ1v) is 9.60. The van der Waals surface area contributed by atoms with Gasteiger partial charge in [0.05, 0.1) is 21.1 Å². The van der Waals surface area contributed by atoms with Crippen molar-refractivity contribution < 1.29 is 31.3 Å². The molecule has 0 radical (unpaired) electrons. The number of unbranched alkanes of at least 4 members (excludes halogenated alkanes) is 6. The van der Waals surface area contributed by atoms with E-state index < -0.39 is 6.10 Å². The Hall–Kier alpha value is -0.580. The molecule has 0 amide bonds. The van der Waals surface area contributed by atoms with Gasteiger partial charge in [0.2, 0.25) is 0 Å². The first-order chi connectivity index (χ1) is 11.4. The molecule has 2 unspecified atom stereocenters. The fourth-order valence-electron chi connectivity index (χ4n) is 3.13. The molecule has 1 rings (SSSR count). The summed E-state index contributed by atoms with van der Waals surface area (Å²) in [6.07, 6.45) is 9.49. The molecule has 1 aromatic carbocycles. The molecular formula is C21H38BrNO2. The molecule has 25 heavy (non-hydrogen) atoms. The molecule has 1 N–H and O–H groups in total. The third-order valence-electron chi connectivity index (χ3n) is 4.45. The summed E-state index contributed by atoms with van der Waals surface area (Å²) < 4.78 is 6.78. The normalized spacial score (nSPS) is 13.8. The maximum Gasteiger partial charge on any atom is 0.258 e. The van der Waals surface area contributed by atoms with Crippen LogP contribution in [0.3, 0.4) is 0 Å². The van der Waals surface area contributed by atoms with E-state index in [1.165, 1.54) is 50.5 Å². The standard InChI is InChI=1S/C21H38NO2.BrH/c1-6-7-8-9-10-11-12-15-19-16-13-14-17-20(19)24-21(18(2)23)22(3,4)5;/h13-14,16-18,21,23H,6-12,15H2,1-5H3;1H/q+1;/p-1. The third kappa shape index (κ3) is 9.62. The fraction of sp³-hybridized carbons (Fsp3) is 0.714. The van der Waals surface area contributed by atoms with Gasteiger partial charge in [-0.15, -0.1) is 0 Å². The van der Waals surface area contributed by atoms with Crippen molar-refractivity contribution in [1.82, 2.24) is 0 Å². The van der Waals surface area contributed by atoms with Crippen LogP contribution in [-0.2, 0) is 6.42 Å². The number of nitrogens with zero attached hydrogens (tertiary/aromatic N) is 1. The molecule has 0 bridgehead atoms. The second-order valence-corrected chi connectivity index (χ2v) is 7.84. The quantitative estimate of drug-likeness (QED) is 0.320. The van der Waals surface area contributed by atoms with Gasteiger partial charge in [0.15, 0.2) is 0 Å². The Balaban J connectivity index is 0.00000576. The maximum absolute atomic E-state index is 10.1. The van der Waals surface area contributed by atoms with E-state index in [1.54, 1.807) is 6.92 Å². The molecule has 4 heteroatoms. The summed E-state index contributed by atoms with van der Waals surface area (Å²) in [5, 5.41) is 10.1. The molecule has 146 valence electrons. The Morgan fingerprint density at radius 2 is 1.52 bits per heavy atom. The Labute approximate surface area is 165 Å². The van der Waals surface area contributed by atoms with Crippen LogP contribution in [0, 0.1) is 0 Å². The molecule has 0 saturated carbocycles. The second-order valence-electron chi connectivity index (χ2n) is 7.84. The monoisotopic (exact) mass is 415 g/mol. The molecule has 0 spiro atoms. The zero-order valence-electron chi connectivity index (χ0n) is 16.8. The summed E-state index contributed by atoms with van der Waals surface area (Å²) in [4.78, 5) is 0. The number of benzene rings is 1. The minimum Gasteiger partial charge on any atom is -1.00 e. The number of ether oxygens (including phenoxy) is 1. The second kappa shape index (κ2) is 12.7. The minimum atomic E-state index is -0.517. The Morgan fingerprint density at radius 1 is 0.960 bits per heavy atom. The number of para-hydroxylation sites is 1. The van der Waals surface area contributed by atoms with Gasteiger partial charge in [0, 0.05) is 0 Å². The first kappa shape index (κ1) is 24.4. The number of rotatable bonds is 12. The number of aryl methyl sites for hydroxylation is 1. The van der Waals surface area contributed by atoms with E-state index in [9.17, 15) is 5.11 Å². The average molecular weight is 416 g/mol. The maximum atomic E-state index is 10.1. The molecular weight excluding hydrogens is 378 g/mol. The van der Waals surface area contributed by atoms with Crippen molar-refractivity contribution >= 4 is 0 Å². The molecule has 1 aromatic rings. The van der Waals surface area contributed by atoms with Gasteiger partial charge in [-0.2, -0.15) is 0 Å². The van der Waals surface area contributed by atoms with Crippen molar-refractivity contribution in [3.63, 3.8) is 0 Å². The van der Waals surface area contributed by atoms with Gasteiger partial charge in [-0.05, 0) is 31.4 Å². The van der Waals surface area contributed by atoms with Gasteiger partial charge in [0.25, 0.3) is 6.23 Å². The molecule has 0 fully saturated rings. The number of hydrogen-bond acceptors (Lipinski definition) is 2. The highest BCUT2D eigenvalue weighted by Gasteiger charge is 2.31. The first-order valence-electron chi connectivity index (χ1n) is 9.60. The highest BCUT2D eigenvalue weighted by atomic mass is 79.9. The highest BCUT2D eigenvalue weighted by Crippen LogP contribution is 2.24. The van der Waals surface area contributed by atoms with Crippen molar-refractivity contribution in [3.8, 4) is 5.75 Å². The summed E-state index contributed by atoms with van der Waals surface area (Å²) in [5.41, 5.74) is 1.25. The lowest BCUT2D eigenvalue weighted by Crippen LogP contribution is -3.00. The van der Waals surface area contributed by atoms with Gasteiger partial charge in [-0.25, -0.2) is 0 Å². The summed E-state index contributed by atoms with van der Waals surface area (Å²) in [5.74, 6) is 0.919. The van der Waals surface area contributed by atoms with E-state index in [4.69, 9.17) is 4.74 Å². The van der Waals surface area contributed by atoms with Crippen molar-refractivity contribution in [3.05, 3.63) is 29.8 Å². The fourth-order valence-corrected chi connectivity index (χ4v) is 3.13. The van der Waals surface area contributed by atoms with Crippen molar-refractivity contribution in [2.24, 2.45) is 0 Å². The summed E-state index contributed by atoms with van der Waals surface area (Å²) in [6, 6.07) is 8.27. The third-order valence-corrected chi connectivity index (χ3v) is 4.45. The van der Waals surface area contributed by atoms with Crippen LogP contribution in [0.5, 0.6) is 5.75 Å². The van der Waals surface area contributed by atoms with Crippen molar-refractivity contribution in [2.75, 3.05) is 21.1 Å². The van der Waals surface area contributed by atoms with Gasteiger partial charge in [0.1, 0.15) is 11.9 Å². The Bertz CT molecular complexity index is 457. The minimum absolute atomic E-state index is 0. The van der Waals surface area contributed by atoms with E-state index >= 15 is 0 Å². The van der Waals surface area contributed by atoms with E-state index in [2.05, 4.69) is 40.2 Å². The number of quaternary nitrogens is 1. The SMILES string of the molecule is CCCCCCCCCc1ccccc1OC(C(C)O)[N+](C)(C)C.[Br-]. The van der Waals surface area contributed by atoms with Crippen molar-refractivity contribution in [2.45, 2.75) is 77.5 Å². The van der Waals surface area contributed by atoms with Crippen LogP contribution < -0.4 is 21.7 Å². The number of likely N-dealkylation sites (N-methyl/N-ethyl adjacent to an activating group) is 1. The Morgan fingerprint density at radius 3 is 2.08 bits per heavy atom. The van der Waals surface area contributed by atoms with Gasteiger partial charge < -0.3 is 26.8 Å². The molecule has 0 aliphatic rings. The predicted molar refractivity (Wildman–Crippen MR) is 102 cm³/mol. The lowest BCUT2D eigenvalue weighted by molar-refractivity contribution is -0.918. The molecule has 2 atom stereocenters. The van der Waals surface area contributed by atoms with Crippen LogP contribution in [0.15, 0.2) is 24.3 Å². The largest absolute Gasteiger partial charge is 1.00 e. The van der Waals surface area contributed by atoms with Crippen LogP contribution >= 0.6 is 0 Å². The van der Waals surface area contributed by atoms with Crippen LogP contribution in [0.4, 0.5) is 0 Å². The zero-order valence-corrected chi connectivity index (χ0v) is 18.4. The predicted octanol–water partition coefficient (Wildman–Crippen LogP) is 1.78. The van der Waals surface area contributed by atoms with Crippen LogP contribution in [0.1, 0.15) is 64.4 Å². The van der Waals surface area contributed by atoms with Crippen LogP contribution in [0.25, 0.3) is 0 Å². The smallest absolute Gasteiger partial charge is 0.258 e. The number of aliphatic hydroxyl groups is 1. The van der Waals surface area contributed by atoms with Crippen LogP contribution in [-0.4, -0.2) is 43.1 Å².